The van der Waals surface area contributed by atoms with E-state index in [1.165, 1.54) is 0 Å². The van der Waals surface area contributed by atoms with Crippen LogP contribution in [0.15, 0.2) is 33.9 Å². The van der Waals surface area contributed by atoms with E-state index < -0.39 is 0 Å². The minimum Gasteiger partial charge on any atom is -0.464 e. The van der Waals surface area contributed by atoms with E-state index in [1.54, 1.807) is 0 Å². The minimum atomic E-state index is 0. The van der Waals surface area contributed by atoms with Gasteiger partial charge in [-0.15, -0.1) is 24.0 Å². The van der Waals surface area contributed by atoms with E-state index in [1.807, 2.05) is 38.4 Å². The van der Waals surface area contributed by atoms with Gasteiger partial charge < -0.3 is 19.6 Å². The summed E-state index contributed by atoms with van der Waals surface area (Å²) in [7, 11) is 0. The van der Waals surface area contributed by atoms with Crippen molar-refractivity contribution in [1.82, 2.24) is 20.2 Å². The zero-order chi connectivity index (χ0) is 17.4. The van der Waals surface area contributed by atoms with Crippen LogP contribution in [-0.4, -0.2) is 28.6 Å². The summed E-state index contributed by atoms with van der Waals surface area (Å²) in [5, 5.41) is 6.68. The predicted molar refractivity (Wildman–Crippen MR) is 113 cm³/mol. The van der Waals surface area contributed by atoms with E-state index in [0.29, 0.717) is 0 Å². The van der Waals surface area contributed by atoms with Gasteiger partial charge in [0, 0.05) is 32.0 Å². The molecule has 0 aliphatic carbocycles. The van der Waals surface area contributed by atoms with Gasteiger partial charge in [0.05, 0.1) is 6.04 Å². The fourth-order valence-electron chi connectivity index (χ4n) is 2.51. The Hall–Kier alpha value is -1.51. The van der Waals surface area contributed by atoms with Crippen LogP contribution in [0.25, 0.3) is 0 Å². The van der Waals surface area contributed by atoms with Crippen molar-refractivity contribution < 1.29 is 4.42 Å². The molecule has 0 fully saturated rings. The Kier molecular flexibility index (Phi) is 9.62. The van der Waals surface area contributed by atoms with Crippen LogP contribution in [0.5, 0.6) is 0 Å². The topological polar surface area (TPSA) is 67.4 Å². The molecule has 7 heteroatoms. The molecule has 2 rings (SSSR count). The van der Waals surface area contributed by atoms with E-state index in [2.05, 4.69) is 39.0 Å². The molecule has 0 saturated heterocycles. The molecule has 0 bridgehead atoms. The number of nitrogens with one attached hydrogen (secondary N) is 2. The van der Waals surface area contributed by atoms with Gasteiger partial charge in [0.15, 0.2) is 5.96 Å². The molecule has 0 aliphatic heterocycles. The first kappa shape index (κ1) is 21.5. The number of rotatable bonds is 8. The first-order chi connectivity index (χ1) is 11.6. The zero-order valence-electron chi connectivity index (χ0n) is 15.6. The molecule has 2 N–H and O–H groups in total. The number of aryl methyl sites for hydroxylation is 3. The summed E-state index contributed by atoms with van der Waals surface area (Å²) in [5.41, 5.74) is 0. The van der Waals surface area contributed by atoms with Gasteiger partial charge in [-0.05, 0) is 52.7 Å². The third-order valence-electron chi connectivity index (χ3n) is 3.89. The SMILES string of the molecule is CCNC(=NCCCCn1ccnc1C)NC(C)c1ccc(C)o1.I. The molecule has 25 heavy (non-hydrogen) atoms. The van der Waals surface area contributed by atoms with Crippen LogP contribution in [0, 0.1) is 13.8 Å². The summed E-state index contributed by atoms with van der Waals surface area (Å²) >= 11 is 0. The Balaban J connectivity index is 0.00000312. The van der Waals surface area contributed by atoms with Crippen molar-refractivity contribution in [2.75, 3.05) is 13.1 Å². The average molecular weight is 459 g/mol. The third-order valence-corrected chi connectivity index (χ3v) is 3.89. The van der Waals surface area contributed by atoms with Crippen LogP contribution in [0.1, 0.15) is 50.1 Å². The van der Waals surface area contributed by atoms with Crippen LogP contribution in [-0.2, 0) is 6.54 Å². The van der Waals surface area contributed by atoms with Crippen LogP contribution in [0.3, 0.4) is 0 Å². The summed E-state index contributed by atoms with van der Waals surface area (Å²) in [6, 6.07) is 4.07. The number of guanidine groups is 1. The highest BCUT2D eigenvalue weighted by Crippen LogP contribution is 2.15. The Morgan fingerprint density at radius 3 is 2.72 bits per heavy atom. The molecule has 2 heterocycles. The zero-order valence-corrected chi connectivity index (χ0v) is 17.9. The van der Waals surface area contributed by atoms with Crippen molar-refractivity contribution >= 4 is 29.9 Å². The Morgan fingerprint density at radius 2 is 2.12 bits per heavy atom. The number of imidazole rings is 1. The van der Waals surface area contributed by atoms with Crippen molar-refractivity contribution in [1.29, 1.82) is 0 Å². The highest BCUT2D eigenvalue weighted by molar-refractivity contribution is 14.0. The molecule has 1 unspecified atom stereocenters. The standard InChI is InChI=1S/C18H29N5O.HI/c1-5-19-18(22-15(3)17-9-8-14(2)24-17)21-10-6-7-12-23-13-11-20-16(23)4;/h8-9,11,13,15H,5-7,10,12H2,1-4H3,(H2,19,21,22);1H. The highest BCUT2D eigenvalue weighted by atomic mass is 127. The maximum atomic E-state index is 5.67. The third kappa shape index (κ3) is 7.09. The van der Waals surface area contributed by atoms with Crippen LogP contribution in [0.2, 0.25) is 0 Å². The molecule has 0 spiro atoms. The smallest absolute Gasteiger partial charge is 0.191 e. The molecule has 0 radical (unpaired) electrons. The van der Waals surface area contributed by atoms with E-state index in [9.17, 15) is 0 Å². The van der Waals surface area contributed by atoms with E-state index in [-0.39, 0.29) is 30.0 Å². The molecule has 1 atom stereocenters. The normalized spacial score (nSPS) is 12.6. The number of hydrogen-bond donors (Lipinski definition) is 2. The van der Waals surface area contributed by atoms with E-state index in [0.717, 1.165) is 55.8 Å². The Labute approximate surface area is 167 Å². The van der Waals surface area contributed by atoms with Crippen LogP contribution in [0.4, 0.5) is 0 Å². The van der Waals surface area contributed by atoms with Gasteiger partial charge in [0.2, 0.25) is 0 Å². The molecule has 0 saturated carbocycles. The quantitative estimate of drug-likeness (QED) is 0.273. The van der Waals surface area contributed by atoms with E-state index >= 15 is 0 Å². The highest BCUT2D eigenvalue weighted by Gasteiger charge is 2.10. The first-order valence-corrected chi connectivity index (χ1v) is 8.69. The van der Waals surface area contributed by atoms with Gasteiger partial charge in [-0.3, -0.25) is 4.99 Å². The second kappa shape index (κ2) is 11.2. The lowest BCUT2D eigenvalue weighted by Crippen LogP contribution is -2.38. The van der Waals surface area contributed by atoms with Crippen LogP contribution >= 0.6 is 24.0 Å². The van der Waals surface area contributed by atoms with Crippen molar-refractivity contribution in [2.45, 2.75) is 53.1 Å². The van der Waals surface area contributed by atoms with Crippen molar-refractivity contribution in [3.63, 3.8) is 0 Å². The number of unbranched alkanes of at least 4 members (excludes halogenated alkanes) is 1. The van der Waals surface area contributed by atoms with E-state index in [4.69, 9.17) is 4.42 Å². The average Bonchev–Trinajstić information content (AvgIpc) is 3.16. The molecule has 0 aliphatic rings. The number of aliphatic imine (C=N–C) groups is 1. The molecule has 0 amide bonds. The van der Waals surface area contributed by atoms with Gasteiger partial charge >= 0.3 is 0 Å². The second-order valence-electron chi connectivity index (χ2n) is 5.95. The fraction of sp³-hybridized carbons (Fsp3) is 0.556. The number of aromatic nitrogens is 2. The number of furan rings is 1. The first-order valence-electron chi connectivity index (χ1n) is 8.69. The second-order valence-corrected chi connectivity index (χ2v) is 5.95. The molecule has 2 aromatic rings. The largest absolute Gasteiger partial charge is 0.464 e. The van der Waals surface area contributed by atoms with Gasteiger partial charge in [-0.2, -0.15) is 0 Å². The molecule has 140 valence electrons. The molecular formula is C18H30IN5O. The molecule has 6 nitrogen and oxygen atoms in total. The lowest BCUT2D eigenvalue weighted by atomic mass is 10.2. The predicted octanol–water partition coefficient (Wildman–Crippen LogP) is 3.81. The van der Waals surface area contributed by atoms with Crippen molar-refractivity contribution in [2.24, 2.45) is 4.99 Å². The summed E-state index contributed by atoms with van der Waals surface area (Å²) < 4.78 is 7.84. The van der Waals surface area contributed by atoms with Gasteiger partial charge in [-0.25, -0.2) is 4.98 Å². The monoisotopic (exact) mass is 459 g/mol. The molecule has 0 aromatic carbocycles. The number of nitrogens with zero attached hydrogens (tertiary/aromatic N) is 3. The summed E-state index contributed by atoms with van der Waals surface area (Å²) in [6.45, 7) is 10.8. The molecular weight excluding hydrogens is 429 g/mol. The van der Waals surface area contributed by atoms with Crippen molar-refractivity contribution in [3.05, 3.63) is 41.9 Å². The minimum absolute atomic E-state index is 0. The molecule has 2 aromatic heterocycles. The Morgan fingerprint density at radius 1 is 1.32 bits per heavy atom. The van der Waals surface area contributed by atoms with Gasteiger partial charge in [0.1, 0.15) is 17.3 Å². The maximum absolute atomic E-state index is 5.67. The van der Waals surface area contributed by atoms with Gasteiger partial charge in [-0.1, -0.05) is 0 Å². The lowest BCUT2D eigenvalue weighted by molar-refractivity contribution is 0.441. The number of hydrogen-bond acceptors (Lipinski definition) is 3. The summed E-state index contributed by atoms with van der Waals surface area (Å²) in [4.78, 5) is 8.89. The number of halogens is 1. The van der Waals surface area contributed by atoms with Gasteiger partial charge in [0.25, 0.3) is 0 Å². The Bertz CT molecular complexity index is 649. The fourth-order valence-corrected chi connectivity index (χ4v) is 2.51. The summed E-state index contributed by atoms with van der Waals surface area (Å²) in [6.07, 6.45) is 6.01. The van der Waals surface area contributed by atoms with Crippen molar-refractivity contribution in [3.8, 4) is 0 Å². The maximum Gasteiger partial charge on any atom is 0.191 e. The summed E-state index contributed by atoms with van der Waals surface area (Å²) in [5.74, 6) is 3.75. The lowest BCUT2D eigenvalue weighted by Gasteiger charge is -2.16. The van der Waals surface area contributed by atoms with Crippen LogP contribution < -0.4 is 10.6 Å².